The summed E-state index contributed by atoms with van der Waals surface area (Å²) < 4.78 is 0.909. The molecule has 0 bridgehead atoms. The van der Waals surface area contributed by atoms with E-state index in [0.29, 0.717) is 10.5 Å². The molecule has 0 spiro atoms. The Morgan fingerprint density at radius 1 is 1.32 bits per heavy atom. The fourth-order valence-corrected chi connectivity index (χ4v) is 3.91. The Labute approximate surface area is 157 Å². The van der Waals surface area contributed by atoms with E-state index < -0.39 is 11.5 Å². The average Bonchev–Trinajstić information content (AvgIpc) is 3.00. The summed E-state index contributed by atoms with van der Waals surface area (Å²) in [5, 5.41) is 13.5. The number of H-pyrrole nitrogens is 1. The first-order valence-corrected chi connectivity index (χ1v) is 9.53. The van der Waals surface area contributed by atoms with Crippen LogP contribution in [0.25, 0.3) is 10.2 Å². The van der Waals surface area contributed by atoms with Gasteiger partial charge in [0.05, 0.1) is 16.7 Å². The number of nitrogens with zero attached hydrogens (tertiary/aromatic N) is 1. The van der Waals surface area contributed by atoms with Crippen molar-refractivity contribution in [1.82, 2.24) is 9.97 Å². The Hall–Kier alpha value is -2.17. The SMILES string of the molecule is O=C(CSc1nc2scc(C(=O)O)c2c(=O)[nH]1)Nc1ccc(Br)cc1. The Morgan fingerprint density at radius 3 is 2.72 bits per heavy atom. The standard InChI is InChI=1S/C15H10BrN3O4S2/c16-7-1-3-8(4-2-7)17-10(20)6-25-15-18-12(21)11-9(14(22)23)5-24-13(11)19-15/h1-5H,6H2,(H,17,20)(H,22,23)(H,18,19,21). The third kappa shape index (κ3) is 4.09. The molecule has 7 nitrogen and oxygen atoms in total. The second-order valence-electron chi connectivity index (χ2n) is 4.85. The van der Waals surface area contributed by atoms with Crippen LogP contribution >= 0.6 is 39.0 Å². The number of carboxylic acid groups (broad SMARTS) is 1. The molecule has 128 valence electrons. The number of aromatic amines is 1. The van der Waals surface area contributed by atoms with Crippen molar-refractivity contribution < 1.29 is 14.7 Å². The van der Waals surface area contributed by atoms with Gasteiger partial charge in [0.2, 0.25) is 5.91 Å². The molecule has 2 aromatic heterocycles. The highest BCUT2D eigenvalue weighted by atomic mass is 79.9. The minimum atomic E-state index is -1.17. The first kappa shape index (κ1) is 17.6. The van der Waals surface area contributed by atoms with E-state index in [9.17, 15) is 14.4 Å². The number of aromatic carboxylic acids is 1. The van der Waals surface area contributed by atoms with E-state index in [1.807, 2.05) is 12.1 Å². The van der Waals surface area contributed by atoms with Gasteiger partial charge in [0.25, 0.3) is 5.56 Å². The number of carbonyl (C=O) groups is 2. The topological polar surface area (TPSA) is 112 Å². The molecule has 1 aromatic carbocycles. The molecular formula is C15H10BrN3O4S2. The number of benzene rings is 1. The normalized spacial score (nSPS) is 10.8. The van der Waals surface area contributed by atoms with Crippen molar-refractivity contribution in [3.8, 4) is 0 Å². The Balaban J connectivity index is 1.71. The van der Waals surface area contributed by atoms with Gasteiger partial charge in [0.15, 0.2) is 5.16 Å². The highest BCUT2D eigenvalue weighted by molar-refractivity contribution is 9.10. The molecule has 25 heavy (non-hydrogen) atoms. The second kappa shape index (κ2) is 7.38. The molecule has 3 rings (SSSR count). The van der Waals surface area contributed by atoms with Gasteiger partial charge >= 0.3 is 5.97 Å². The van der Waals surface area contributed by atoms with Crippen molar-refractivity contribution in [3.05, 3.63) is 50.0 Å². The molecule has 0 aliphatic heterocycles. The molecule has 2 heterocycles. The monoisotopic (exact) mass is 439 g/mol. The maximum absolute atomic E-state index is 12.1. The predicted octanol–water partition coefficient (Wildman–Crippen LogP) is 3.18. The van der Waals surface area contributed by atoms with E-state index in [-0.39, 0.29) is 27.8 Å². The average molecular weight is 440 g/mol. The van der Waals surface area contributed by atoms with Crippen LogP contribution in [0.3, 0.4) is 0 Å². The summed E-state index contributed by atoms with van der Waals surface area (Å²) in [7, 11) is 0. The molecule has 0 unspecified atom stereocenters. The van der Waals surface area contributed by atoms with E-state index in [2.05, 4.69) is 31.2 Å². The van der Waals surface area contributed by atoms with Crippen molar-refractivity contribution in [2.45, 2.75) is 5.16 Å². The summed E-state index contributed by atoms with van der Waals surface area (Å²) in [4.78, 5) is 42.2. The van der Waals surface area contributed by atoms with Gasteiger partial charge in [0.1, 0.15) is 4.83 Å². The maximum Gasteiger partial charge on any atom is 0.337 e. The lowest BCUT2D eigenvalue weighted by Gasteiger charge is -2.05. The number of halogens is 1. The summed E-state index contributed by atoms with van der Waals surface area (Å²) in [6, 6.07) is 7.15. The minimum absolute atomic E-state index is 0.0566. The van der Waals surface area contributed by atoms with Crippen LogP contribution in [0.2, 0.25) is 0 Å². The molecule has 0 radical (unpaired) electrons. The molecule has 3 N–H and O–H groups in total. The number of thiophene rings is 1. The van der Waals surface area contributed by atoms with E-state index in [1.165, 1.54) is 5.38 Å². The number of carbonyl (C=O) groups excluding carboxylic acids is 1. The molecule has 0 aliphatic rings. The van der Waals surface area contributed by atoms with Crippen LogP contribution in [-0.2, 0) is 4.79 Å². The van der Waals surface area contributed by atoms with Crippen LogP contribution in [-0.4, -0.2) is 32.7 Å². The Kier molecular flexibility index (Phi) is 5.21. The summed E-state index contributed by atoms with van der Waals surface area (Å²) in [6.45, 7) is 0. The lowest BCUT2D eigenvalue weighted by molar-refractivity contribution is -0.113. The molecule has 0 aliphatic carbocycles. The number of nitrogens with one attached hydrogen (secondary N) is 2. The minimum Gasteiger partial charge on any atom is -0.478 e. The number of anilines is 1. The van der Waals surface area contributed by atoms with Gasteiger partial charge in [-0.25, -0.2) is 9.78 Å². The third-order valence-corrected chi connectivity index (χ3v) is 5.39. The molecule has 1 amide bonds. The fourth-order valence-electron chi connectivity index (χ4n) is 2.02. The Morgan fingerprint density at radius 2 is 2.04 bits per heavy atom. The summed E-state index contributed by atoms with van der Waals surface area (Å²) in [5.74, 6) is -1.36. The quantitative estimate of drug-likeness (QED) is 0.415. The third-order valence-electron chi connectivity index (χ3n) is 3.12. The first-order chi connectivity index (χ1) is 11.9. The lowest BCUT2D eigenvalue weighted by Crippen LogP contribution is -2.15. The van der Waals surface area contributed by atoms with Gasteiger partial charge in [0, 0.05) is 15.5 Å². The molecule has 0 saturated heterocycles. The number of fused-ring (bicyclic) bond motifs is 1. The van der Waals surface area contributed by atoms with Crippen LogP contribution in [0.1, 0.15) is 10.4 Å². The highest BCUT2D eigenvalue weighted by Crippen LogP contribution is 2.23. The molecule has 10 heteroatoms. The summed E-state index contributed by atoms with van der Waals surface area (Å²) in [5.41, 5.74) is 0.0628. The van der Waals surface area contributed by atoms with Gasteiger partial charge in [-0.2, -0.15) is 0 Å². The number of amides is 1. The van der Waals surface area contributed by atoms with Crippen LogP contribution in [0, 0.1) is 0 Å². The first-order valence-electron chi connectivity index (χ1n) is 6.87. The zero-order valence-corrected chi connectivity index (χ0v) is 15.6. The molecule has 0 atom stereocenters. The van der Waals surface area contributed by atoms with Gasteiger partial charge in [-0.05, 0) is 24.3 Å². The van der Waals surface area contributed by atoms with Crippen molar-refractivity contribution in [2.24, 2.45) is 0 Å². The number of hydrogen-bond donors (Lipinski definition) is 3. The van der Waals surface area contributed by atoms with Crippen LogP contribution in [0.15, 0.2) is 44.1 Å². The largest absolute Gasteiger partial charge is 0.478 e. The summed E-state index contributed by atoms with van der Waals surface area (Å²) in [6.07, 6.45) is 0. The van der Waals surface area contributed by atoms with Crippen LogP contribution in [0.4, 0.5) is 5.69 Å². The Bertz CT molecular complexity index is 1010. The molecule has 0 saturated carbocycles. The van der Waals surface area contributed by atoms with E-state index in [1.54, 1.807) is 12.1 Å². The number of thioether (sulfide) groups is 1. The van der Waals surface area contributed by atoms with Gasteiger partial charge in [-0.15, -0.1) is 11.3 Å². The lowest BCUT2D eigenvalue weighted by atomic mass is 10.2. The summed E-state index contributed by atoms with van der Waals surface area (Å²) >= 11 is 5.46. The van der Waals surface area contributed by atoms with Crippen LogP contribution in [0.5, 0.6) is 0 Å². The number of carboxylic acids is 1. The predicted molar refractivity (Wildman–Crippen MR) is 101 cm³/mol. The zero-order chi connectivity index (χ0) is 18.0. The fraction of sp³-hybridized carbons (Fsp3) is 0.0667. The number of hydrogen-bond acceptors (Lipinski definition) is 6. The van der Waals surface area contributed by atoms with E-state index in [0.717, 1.165) is 27.6 Å². The smallest absolute Gasteiger partial charge is 0.337 e. The van der Waals surface area contributed by atoms with E-state index >= 15 is 0 Å². The number of rotatable bonds is 5. The van der Waals surface area contributed by atoms with Gasteiger partial charge < -0.3 is 15.4 Å². The maximum atomic E-state index is 12.1. The zero-order valence-electron chi connectivity index (χ0n) is 12.4. The van der Waals surface area contributed by atoms with Gasteiger partial charge in [-0.3, -0.25) is 9.59 Å². The van der Waals surface area contributed by atoms with Crippen molar-refractivity contribution in [1.29, 1.82) is 0 Å². The highest BCUT2D eigenvalue weighted by Gasteiger charge is 2.16. The van der Waals surface area contributed by atoms with Crippen molar-refractivity contribution in [3.63, 3.8) is 0 Å². The van der Waals surface area contributed by atoms with Gasteiger partial charge in [-0.1, -0.05) is 27.7 Å². The second-order valence-corrected chi connectivity index (χ2v) is 7.59. The molecular weight excluding hydrogens is 430 g/mol. The number of aromatic nitrogens is 2. The van der Waals surface area contributed by atoms with Crippen molar-refractivity contribution in [2.75, 3.05) is 11.1 Å². The molecule has 0 fully saturated rings. The van der Waals surface area contributed by atoms with E-state index in [4.69, 9.17) is 5.11 Å². The van der Waals surface area contributed by atoms with Crippen LogP contribution < -0.4 is 10.9 Å². The molecule has 3 aromatic rings. The van der Waals surface area contributed by atoms with Crippen molar-refractivity contribution >= 4 is 66.8 Å².